The Kier molecular flexibility index (Phi) is 8.16. The van der Waals surface area contributed by atoms with Crippen LogP contribution in [0, 0.1) is 0 Å². The summed E-state index contributed by atoms with van der Waals surface area (Å²) in [7, 11) is 0. The Morgan fingerprint density at radius 1 is 0.291 bits per heavy atom. The number of aromatic nitrogens is 2. The predicted octanol–water partition coefficient (Wildman–Crippen LogP) is 14.0. The zero-order valence-corrected chi connectivity index (χ0v) is 29.9. The third kappa shape index (κ3) is 6.18. The van der Waals surface area contributed by atoms with Gasteiger partial charge in [-0.3, -0.25) is 0 Å². The van der Waals surface area contributed by atoms with E-state index in [1.54, 1.807) is 0 Å². The second-order valence-electron chi connectivity index (χ2n) is 13.8. The molecule has 2 heterocycles. The van der Waals surface area contributed by atoms with Crippen LogP contribution >= 0.6 is 0 Å². The van der Waals surface area contributed by atoms with Crippen molar-refractivity contribution in [2.45, 2.75) is 0 Å². The fourth-order valence-electron chi connectivity index (χ4n) is 7.59. The van der Waals surface area contributed by atoms with Gasteiger partial charge in [-0.1, -0.05) is 176 Å². The fraction of sp³-hybridized carbons (Fsp3) is 0. The highest BCUT2D eigenvalue weighted by Crippen LogP contribution is 2.41. The highest BCUT2D eigenvalue weighted by atomic mass is 16.3. The molecule has 10 aromatic rings. The molecule has 258 valence electrons. The molecule has 0 amide bonds. The van der Waals surface area contributed by atoms with Crippen LogP contribution in [0.1, 0.15) is 0 Å². The molecule has 2 aromatic heterocycles. The van der Waals surface area contributed by atoms with E-state index < -0.39 is 0 Å². The first-order chi connectivity index (χ1) is 27.2. The highest BCUT2D eigenvalue weighted by molar-refractivity contribution is 6.10. The number of hydrogen-bond acceptors (Lipinski definition) is 3. The Morgan fingerprint density at radius 2 is 0.764 bits per heavy atom. The molecule has 0 radical (unpaired) electrons. The molecule has 0 bridgehead atoms. The molecule has 55 heavy (non-hydrogen) atoms. The van der Waals surface area contributed by atoms with Crippen molar-refractivity contribution in [1.29, 1.82) is 0 Å². The van der Waals surface area contributed by atoms with Crippen LogP contribution in [0.25, 0.3) is 100 Å². The van der Waals surface area contributed by atoms with Crippen LogP contribution in [0.4, 0.5) is 0 Å². The molecule has 3 nitrogen and oxygen atoms in total. The molecule has 0 N–H and O–H groups in total. The molecule has 0 aliphatic carbocycles. The Bertz CT molecular complexity index is 2950. The summed E-state index contributed by atoms with van der Waals surface area (Å²) in [5.41, 5.74) is 15.4. The quantitative estimate of drug-likeness (QED) is 0.166. The van der Waals surface area contributed by atoms with Crippen LogP contribution in [0.5, 0.6) is 0 Å². The predicted molar refractivity (Wildman–Crippen MR) is 227 cm³/mol. The summed E-state index contributed by atoms with van der Waals surface area (Å²) < 4.78 is 6.59. The molecule has 3 heteroatoms. The average molecular weight is 703 g/mol. The summed E-state index contributed by atoms with van der Waals surface area (Å²) >= 11 is 0. The van der Waals surface area contributed by atoms with Gasteiger partial charge in [0.25, 0.3) is 0 Å². The number of benzene rings is 8. The summed E-state index contributed by atoms with van der Waals surface area (Å²) in [6.45, 7) is 0. The van der Waals surface area contributed by atoms with Crippen molar-refractivity contribution in [3.63, 3.8) is 0 Å². The second kappa shape index (κ2) is 13.9. The normalized spacial score (nSPS) is 11.3. The van der Waals surface area contributed by atoms with Crippen LogP contribution in [-0.2, 0) is 0 Å². The molecule has 0 atom stereocenters. The Balaban J connectivity index is 1.20. The van der Waals surface area contributed by atoms with Gasteiger partial charge in [0.1, 0.15) is 11.2 Å². The van der Waals surface area contributed by atoms with Crippen molar-refractivity contribution in [3.8, 4) is 78.4 Å². The SMILES string of the molecule is c1ccc(-c2ccc(-c3cc(-c4cc(-c5ccccc5-c5ccccc5)cc(-c5cccc6c5oc5ccccc56)c4)nc(-c4ccccc4)n3)cc2)cc1. The molecule has 0 saturated heterocycles. The summed E-state index contributed by atoms with van der Waals surface area (Å²) in [6.07, 6.45) is 0. The number of para-hydroxylation sites is 2. The lowest BCUT2D eigenvalue weighted by Crippen LogP contribution is -1.97. The van der Waals surface area contributed by atoms with Gasteiger partial charge in [-0.25, -0.2) is 9.97 Å². The minimum Gasteiger partial charge on any atom is -0.455 e. The minimum atomic E-state index is 0.677. The van der Waals surface area contributed by atoms with E-state index in [4.69, 9.17) is 14.4 Å². The maximum absolute atomic E-state index is 6.59. The lowest BCUT2D eigenvalue weighted by Gasteiger charge is -2.15. The Morgan fingerprint density at radius 3 is 1.47 bits per heavy atom. The molecule has 0 unspecified atom stereocenters. The summed E-state index contributed by atoms with van der Waals surface area (Å²) in [4.78, 5) is 10.4. The molecule has 0 fully saturated rings. The van der Waals surface area contributed by atoms with E-state index in [9.17, 15) is 0 Å². The topological polar surface area (TPSA) is 38.9 Å². The first-order valence-electron chi connectivity index (χ1n) is 18.6. The van der Waals surface area contributed by atoms with Gasteiger partial charge in [0.2, 0.25) is 0 Å². The van der Waals surface area contributed by atoms with Crippen LogP contribution in [0.2, 0.25) is 0 Å². The van der Waals surface area contributed by atoms with E-state index in [0.717, 1.165) is 77.8 Å². The number of hydrogen-bond donors (Lipinski definition) is 0. The van der Waals surface area contributed by atoms with Crippen molar-refractivity contribution in [1.82, 2.24) is 9.97 Å². The fourth-order valence-corrected chi connectivity index (χ4v) is 7.59. The minimum absolute atomic E-state index is 0.677. The molecular weight excluding hydrogens is 669 g/mol. The second-order valence-corrected chi connectivity index (χ2v) is 13.8. The van der Waals surface area contributed by atoms with Gasteiger partial charge in [0, 0.05) is 33.0 Å². The molecule has 8 aromatic carbocycles. The van der Waals surface area contributed by atoms with Gasteiger partial charge in [-0.05, 0) is 69.3 Å². The number of furan rings is 1. The first-order valence-corrected chi connectivity index (χ1v) is 18.6. The first kappa shape index (κ1) is 32.3. The van der Waals surface area contributed by atoms with Crippen LogP contribution in [-0.4, -0.2) is 9.97 Å². The van der Waals surface area contributed by atoms with Gasteiger partial charge in [-0.15, -0.1) is 0 Å². The van der Waals surface area contributed by atoms with Crippen molar-refractivity contribution < 1.29 is 4.42 Å². The van der Waals surface area contributed by atoms with Gasteiger partial charge < -0.3 is 4.42 Å². The molecule has 0 saturated carbocycles. The third-order valence-electron chi connectivity index (χ3n) is 10.3. The van der Waals surface area contributed by atoms with Crippen LogP contribution in [0.15, 0.2) is 211 Å². The van der Waals surface area contributed by atoms with E-state index in [1.165, 1.54) is 16.7 Å². The average Bonchev–Trinajstić information content (AvgIpc) is 3.66. The highest BCUT2D eigenvalue weighted by Gasteiger charge is 2.18. The smallest absolute Gasteiger partial charge is 0.160 e. The zero-order valence-electron chi connectivity index (χ0n) is 29.9. The maximum Gasteiger partial charge on any atom is 0.160 e. The van der Waals surface area contributed by atoms with Crippen molar-refractivity contribution in [2.75, 3.05) is 0 Å². The lowest BCUT2D eigenvalue weighted by molar-refractivity contribution is 0.670. The summed E-state index contributed by atoms with van der Waals surface area (Å²) in [5, 5.41) is 2.20. The monoisotopic (exact) mass is 702 g/mol. The zero-order chi connectivity index (χ0) is 36.6. The largest absolute Gasteiger partial charge is 0.455 e. The maximum atomic E-state index is 6.59. The Hall–Kier alpha value is -7.36. The lowest BCUT2D eigenvalue weighted by atomic mass is 9.90. The van der Waals surface area contributed by atoms with E-state index >= 15 is 0 Å². The van der Waals surface area contributed by atoms with Gasteiger partial charge >= 0.3 is 0 Å². The number of rotatable bonds is 7. The van der Waals surface area contributed by atoms with E-state index in [2.05, 4.69) is 170 Å². The van der Waals surface area contributed by atoms with E-state index in [1.807, 2.05) is 36.4 Å². The molecule has 10 rings (SSSR count). The van der Waals surface area contributed by atoms with Gasteiger partial charge in [0.05, 0.1) is 11.4 Å². The van der Waals surface area contributed by atoms with Crippen molar-refractivity contribution in [3.05, 3.63) is 206 Å². The number of fused-ring (bicyclic) bond motifs is 3. The van der Waals surface area contributed by atoms with Crippen molar-refractivity contribution >= 4 is 21.9 Å². The number of nitrogens with zero attached hydrogens (tertiary/aromatic N) is 2. The van der Waals surface area contributed by atoms with Crippen molar-refractivity contribution in [2.24, 2.45) is 0 Å². The van der Waals surface area contributed by atoms with Gasteiger partial charge in [-0.2, -0.15) is 0 Å². The molecule has 0 spiro atoms. The molecule has 0 aliphatic heterocycles. The van der Waals surface area contributed by atoms with E-state index in [0.29, 0.717) is 5.82 Å². The molecule has 0 aliphatic rings. The summed E-state index contributed by atoms with van der Waals surface area (Å²) in [5.74, 6) is 0.677. The van der Waals surface area contributed by atoms with Crippen LogP contribution in [0.3, 0.4) is 0 Å². The van der Waals surface area contributed by atoms with Gasteiger partial charge in [0.15, 0.2) is 5.82 Å². The summed E-state index contributed by atoms with van der Waals surface area (Å²) in [6, 6.07) is 72.2. The van der Waals surface area contributed by atoms with E-state index in [-0.39, 0.29) is 0 Å². The van der Waals surface area contributed by atoms with Crippen LogP contribution < -0.4 is 0 Å². The molecular formula is C52H34N2O. The third-order valence-corrected chi connectivity index (χ3v) is 10.3. The standard InChI is InChI=1S/C52H34N2O/c1-4-15-35(16-5-1)36-27-29-38(30-28-36)48-34-49(54-52(53-48)39-19-8-3-9-20-39)42-32-40(44-22-11-10-21-43(44)37-17-6-2-7-18-37)31-41(33-42)45-24-14-25-47-46-23-12-13-26-50(46)55-51(45)47/h1-34H. The Labute approximate surface area is 319 Å².